The van der Waals surface area contributed by atoms with Crippen LogP contribution in [-0.2, 0) is 13.4 Å². The molecule has 0 bridgehead atoms. The van der Waals surface area contributed by atoms with E-state index < -0.39 is 20.4 Å². The molecule has 0 aliphatic rings. The molecule has 4 aromatic rings. The number of rotatable bonds is 7. The standard InChI is InChI=1S/C33H38O5S2/c1-25-13-19-31(20-14-25)40(34,35)38-39(28-11-9-8-10-12-28,29-21-15-26(16-22-29)36-32(2,3)4)30-23-17-27(18-24-30)37-33(5,6)7/h8-24H,1-7H3/p+1. The molecule has 1 N–H and O–H groups in total. The molecule has 0 saturated carbocycles. The van der Waals surface area contributed by atoms with Gasteiger partial charge in [0.05, 0.1) is 14.7 Å². The van der Waals surface area contributed by atoms with Gasteiger partial charge in [0, 0.05) is 0 Å². The van der Waals surface area contributed by atoms with Gasteiger partial charge in [-0.25, -0.2) is 4.55 Å². The molecule has 40 heavy (non-hydrogen) atoms. The second-order valence-electron chi connectivity index (χ2n) is 11.6. The van der Waals surface area contributed by atoms with Crippen LogP contribution in [0.1, 0.15) is 47.1 Å². The van der Waals surface area contributed by atoms with Crippen LogP contribution in [0.15, 0.2) is 123 Å². The first-order chi connectivity index (χ1) is 18.7. The van der Waals surface area contributed by atoms with Crippen molar-refractivity contribution in [3.05, 3.63) is 109 Å². The Morgan fingerprint density at radius 3 is 1.35 bits per heavy atom. The van der Waals surface area contributed by atoms with Crippen molar-refractivity contribution in [1.82, 2.24) is 0 Å². The summed E-state index contributed by atoms with van der Waals surface area (Å²) in [6, 6.07) is 31.8. The molecule has 0 radical (unpaired) electrons. The highest BCUT2D eigenvalue weighted by Crippen LogP contribution is 2.68. The van der Waals surface area contributed by atoms with Crippen molar-refractivity contribution in [3.8, 4) is 11.5 Å². The third-order valence-corrected chi connectivity index (χ3v) is 11.0. The van der Waals surface area contributed by atoms with E-state index in [0.717, 1.165) is 20.2 Å². The van der Waals surface area contributed by atoms with Crippen molar-refractivity contribution < 1.29 is 21.5 Å². The zero-order valence-electron chi connectivity index (χ0n) is 24.2. The maximum absolute atomic E-state index is 14.0. The van der Waals surface area contributed by atoms with Gasteiger partial charge in [0.15, 0.2) is 10.3 Å². The molecule has 7 heteroatoms. The highest BCUT2D eigenvalue weighted by molar-refractivity contribution is 8.30. The molecule has 5 nitrogen and oxygen atoms in total. The topological polar surface area (TPSA) is 67.1 Å². The summed E-state index contributed by atoms with van der Waals surface area (Å²) in [6.07, 6.45) is 0. The predicted octanol–water partition coefficient (Wildman–Crippen LogP) is 9.24. The minimum atomic E-state index is -3.93. The van der Waals surface area contributed by atoms with Gasteiger partial charge in [-0.2, -0.15) is 0 Å². The molecule has 0 aliphatic heterocycles. The van der Waals surface area contributed by atoms with Crippen molar-refractivity contribution in [2.75, 3.05) is 0 Å². The minimum absolute atomic E-state index is 0.214. The number of hydrogen-bond donors (Lipinski definition) is 1. The van der Waals surface area contributed by atoms with Crippen LogP contribution < -0.4 is 9.47 Å². The van der Waals surface area contributed by atoms with Crippen molar-refractivity contribution in [2.24, 2.45) is 0 Å². The van der Waals surface area contributed by atoms with E-state index in [1.807, 2.05) is 139 Å². The molecule has 4 aromatic carbocycles. The zero-order chi connectivity index (χ0) is 29.2. The van der Waals surface area contributed by atoms with E-state index in [1.54, 1.807) is 12.1 Å². The first-order valence-electron chi connectivity index (χ1n) is 13.2. The average molecular weight is 580 g/mol. The molecule has 4 rings (SSSR count). The normalized spacial score (nSPS) is 14.2. The Bertz CT molecular complexity index is 1480. The maximum atomic E-state index is 14.0. The Balaban J connectivity index is 2.01. The molecular weight excluding hydrogens is 540 g/mol. The Hall–Kier alpha value is -3.26. The summed E-state index contributed by atoms with van der Waals surface area (Å²) in [5, 5.41) is 0. The van der Waals surface area contributed by atoms with E-state index in [-0.39, 0.29) is 16.1 Å². The van der Waals surface area contributed by atoms with Gasteiger partial charge in [-0.15, -0.1) is 7.49 Å². The lowest BCUT2D eigenvalue weighted by Crippen LogP contribution is -2.23. The van der Waals surface area contributed by atoms with Crippen molar-refractivity contribution in [2.45, 2.75) is 79.3 Å². The lowest BCUT2D eigenvalue weighted by atomic mass is 10.2. The lowest BCUT2D eigenvalue weighted by molar-refractivity contribution is 0.130. The summed E-state index contributed by atoms with van der Waals surface area (Å²) in [5.41, 5.74) is 0.258. The van der Waals surface area contributed by atoms with Gasteiger partial charge < -0.3 is 9.47 Å². The van der Waals surface area contributed by atoms with E-state index in [4.69, 9.17) is 12.8 Å². The van der Waals surface area contributed by atoms with Gasteiger partial charge >= 0.3 is 10.1 Å². The summed E-state index contributed by atoms with van der Waals surface area (Å²) in [5.74, 6) is 1.41. The van der Waals surface area contributed by atoms with E-state index in [2.05, 4.69) is 0 Å². The maximum Gasteiger partial charge on any atom is 0.454 e. The summed E-state index contributed by atoms with van der Waals surface area (Å²) in [4.78, 5) is 2.53. The second-order valence-corrected chi connectivity index (χ2v) is 16.1. The SMILES string of the molecule is Cc1ccc(S(=O)(O)=[O+]S(c2ccccc2)(c2ccc(OC(C)(C)C)cc2)c2ccc(OC(C)(C)C)cc2)cc1. The largest absolute Gasteiger partial charge is 0.488 e. The molecule has 0 spiro atoms. The van der Waals surface area contributed by atoms with Crippen LogP contribution >= 0.6 is 10.3 Å². The zero-order valence-corrected chi connectivity index (χ0v) is 25.8. The van der Waals surface area contributed by atoms with Crippen molar-refractivity contribution in [1.29, 1.82) is 0 Å². The molecule has 212 valence electrons. The Morgan fingerprint density at radius 1 is 0.575 bits per heavy atom. The summed E-state index contributed by atoms with van der Waals surface area (Å²) in [6.45, 7) is 13.9. The van der Waals surface area contributed by atoms with Crippen LogP contribution in [0.3, 0.4) is 0 Å². The van der Waals surface area contributed by atoms with Crippen LogP contribution in [0.4, 0.5) is 0 Å². The van der Waals surface area contributed by atoms with Gasteiger partial charge in [-0.1, -0.05) is 35.9 Å². The van der Waals surface area contributed by atoms with Crippen molar-refractivity contribution >= 4 is 20.4 Å². The fourth-order valence-corrected chi connectivity index (χ4v) is 9.37. The monoisotopic (exact) mass is 579 g/mol. The third kappa shape index (κ3) is 7.08. The minimum Gasteiger partial charge on any atom is -0.488 e. The molecule has 0 aliphatic carbocycles. The van der Waals surface area contributed by atoms with Crippen molar-refractivity contribution in [3.63, 3.8) is 0 Å². The predicted molar refractivity (Wildman–Crippen MR) is 163 cm³/mol. The molecule has 0 heterocycles. The van der Waals surface area contributed by atoms with Gasteiger partial charge in [0.2, 0.25) is 0 Å². The molecule has 0 fully saturated rings. The van der Waals surface area contributed by atoms with Crippen LogP contribution in [0.5, 0.6) is 11.5 Å². The highest BCUT2D eigenvalue weighted by Gasteiger charge is 2.46. The quantitative estimate of drug-likeness (QED) is 0.175. The van der Waals surface area contributed by atoms with E-state index in [9.17, 15) is 8.76 Å². The van der Waals surface area contributed by atoms with Gasteiger partial charge in [-0.3, -0.25) is 0 Å². The number of hydrogen-bond acceptors (Lipinski definition) is 3. The molecule has 1 unspecified atom stereocenters. The first kappa shape index (κ1) is 29.7. The highest BCUT2D eigenvalue weighted by atomic mass is 32.3. The van der Waals surface area contributed by atoms with Gasteiger partial charge in [0.1, 0.15) is 27.6 Å². The molecule has 0 amide bonds. The Labute approximate surface area is 240 Å². The van der Waals surface area contributed by atoms with Crippen LogP contribution in [0.2, 0.25) is 0 Å². The number of benzene rings is 4. The summed E-state index contributed by atoms with van der Waals surface area (Å²) >= 11 is 0. The molecule has 0 saturated heterocycles. The fourth-order valence-electron chi connectivity index (χ4n) is 4.13. The van der Waals surface area contributed by atoms with Crippen LogP contribution in [0, 0.1) is 6.92 Å². The fraction of sp³-hybridized carbons (Fsp3) is 0.273. The average Bonchev–Trinajstić information content (AvgIpc) is 2.87. The van der Waals surface area contributed by atoms with E-state index >= 15 is 0 Å². The molecular formula is C33H39O5S2+. The number of aryl methyl sites for hydroxylation is 1. The number of ether oxygens (including phenoxy) is 2. The molecule has 0 aromatic heterocycles. The lowest BCUT2D eigenvalue weighted by Gasteiger charge is -2.27. The smallest absolute Gasteiger partial charge is 0.454 e. The summed E-state index contributed by atoms with van der Waals surface area (Å²) in [7, 11) is -6.64. The Kier molecular flexibility index (Phi) is 8.41. The van der Waals surface area contributed by atoms with Gasteiger partial charge in [-0.05, 0) is 121 Å². The van der Waals surface area contributed by atoms with Crippen LogP contribution in [-0.4, -0.2) is 20.0 Å². The van der Waals surface area contributed by atoms with E-state index in [1.165, 1.54) is 0 Å². The van der Waals surface area contributed by atoms with E-state index in [0.29, 0.717) is 11.5 Å². The first-order valence-corrected chi connectivity index (χ1v) is 16.2. The second kappa shape index (κ2) is 11.3. The van der Waals surface area contributed by atoms with Gasteiger partial charge in [0.25, 0.3) is 0 Å². The Morgan fingerprint density at radius 2 is 0.950 bits per heavy atom. The third-order valence-electron chi connectivity index (χ3n) is 5.75. The summed E-state index contributed by atoms with van der Waals surface area (Å²) < 4.78 is 44.3. The van der Waals surface area contributed by atoms with Crippen LogP contribution in [0.25, 0.3) is 0 Å². The molecule has 1 atom stereocenters.